The van der Waals surface area contributed by atoms with Gasteiger partial charge < -0.3 is 10.2 Å². The number of allylic oxidation sites excluding steroid dienone is 3. The van der Waals surface area contributed by atoms with Gasteiger partial charge in [0.25, 0.3) is 0 Å². The van der Waals surface area contributed by atoms with Crippen LogP contribution in [0.3, 0.4) is 0 Å². The van der Waals surface area contributed by atoms with E-state index in [4.69, 9.17) is 9.98 Å². The third-order valence-corrected chi connectivity index (χ3v) is 8.56. The van der Waals surface area contributed by atoms with Crippen molar-refractivity contribution in [1.82, 2.24) is 20.6 Å². The van der Waals surface area contributed by atoms with Crippen LogP contribution < -0.4 is 15.8 Å². The van der Waals surface area contributed by atoms with Gasteiger partial charge in [0.15, 0.2) is 5.82 Å². The van der Waals surface area contributed by atoms with Crippen molar-refractivity contribution in [3.63, 3.8) is 0 Å². The van der Waals surface area contributed by atoms with Crippen molar-refractivity contribution in [1.29, 1.82) is 0 Å². The molecule has 1 unspecified atom stereocenters. The number of piperidine rings is 1. The van der Waals surface area contributed by atoms with E-state index in [0.717, 1.165) is 36.6 Å². The molecule has 0 radical (unpaired) electrons. The molecule has 7 nitrogen and oxygen atoms in total. The molecule has 7 heteroatoms. The smallest absolute Gasteiger partial charge is 0.154 e. The minimum Gasteiger partial charge on any atom is -0.356 e. The van der Waals surface area contributed by atoms with Crippen molar-refractivity contribution < 1.29 is 0 Å². The summed E-state index contributed by atoms with van der Waals surface area (Å²) in [6.45, 7) is 25.4. The maximum atomic E-state index is 5.33. The Balaban J connectivity index is 1.72. The van der Waals surface area contributed by atoms with Crippen LogP contribution in [0, 0.1) is 11.3 Å². The van der Waals surface area contributed by atoms with Gasteiger partial charge in [0, 0.05) is 43.2 Å². The molecule has 2 heterocycles. The van der Waals surface area contributed by atoms with E-state index >= 15 is 0 Å². The van der Waals surface area contributed by atoms with Gasteiger partial charge >= 0.3 is 0 Å². The number of hydrazine groups is 1. The van der Waals surface area contributed by atoms with Crippen LogP contribution in [-0.2, 0) is 0 Å². The van der Waals surface area contributed by atoms with Crippen LogP contribution >= 0.6 is 0 Å². The average molecular weight is 592 g/mol. The zero-order valence-electron chi connectivity index (χ0n) is 27.4. The zero-order chi connectivity index (χ0) is 31.9. The van der Waals surface area contributed by atoms with Crippen LogP contribution in [0.2, 0.25) is 0 Å². The predicted molar refractivity (Wildman–Crippen MR) is 188 cm³/mol. The van der Waals surface area contributed by atoms with Gasteiger partial charge in [-0.25, -0.2) is 15.0 Å². The Morgan fingerprint density at radius 1 is 1.11 bits per heavy atom. The van der Waals surface area contributed by atoms with Crippen molar-refractivity contribution in [2.24, 2.45) is 21.3 Å². The molecular formula is C37H49N7. The predicted octanol–water partition coefficient (Wildman–Crippen LogP) is 7.83. The maximum Gasteiger partial charge on any atom is 0.154 e. The Kier molecular flexibility index (Phi) is 10.8. The first-order valence-corrected chi connectivity index (χ1v) is 15.6. The lowest BCUT2D eigenvalue weighted by molar-refractivity contribution is 0.127. The van der Waals surface area contributed by atoms with E-state index in [1.165, 1.54) is 29.6 Å². The van der Waals surface area contributed by atoms with Gasteiger partial charge in [-0.2, -0.15) is 0 Å². The van der Waals surface area contributed by atoms with Crippen LogP contribution in [0.15, 0.2) is 113 Å². The Labute approximate surface area is 264 Å². The van der Waals surface area contributed by atoms with E-state index in [2.05, 4.69) is 81.2 Å². The molecule has 1 aliphatic carbocycles. The molecule has 1 saturated carbocycles. The van der Waals surface area contributed by atoms with E-state index in [1.54, 1.807) is 12.4 Å². The first-order chi connectivity index (χ1) is 21.1. The number of benzene rings is 1. The normalized spacial score (nSPS) is 19.5. The number of pyridine rings is 1. The average Bonchev–Trinajstić information content (AvgIpc) is 3.86. The highest BCUT2D eigenvalue weighted by Crippen LogP contribution is 2.41. The monoisotopic (exact) mass is 591 g/mol. The van der Waals surface area contributed by atoms with Crippen LogP contribution in [0.4, 0.5) is 11.5 Å². The number of amidine groups is 2. The zero-order valence-corrected chi connectivity index (χ0v) is 27.4. The molecule has 232 valence electrons. The van der Waals surface area contributed by atoms with Gasteiger partial charge in [0.2, 0.25) is 0 Å². The molecule has 1 atom stereocenters. The molecular weight excluding hydrogens is 542 g/mol. The van der Waals surface area contributed by atoms with E-state index in [9.17, 15) is 0 Å². The third kappa shape index (κ3) is 7.83. The minimum absolute atomic E-state index is 0.0696. The summed E-state index contributed by atoms with van der Waals surface area (Å²) in [6, 6.07) is 14.1. The molecule has 1 saturated heterocycles. The van der Waals surface area contributed by atoms with Crippen LogP contribution in [0.25, 0.3) is 5.70 Å². The summed E-state index contributed by atoms with van der Waals surface area (Å²) in [5.41, 5.74) is 9.49. The molecule has 1 aromatic carbocycles. The summed E-state index contributed by atoms with van der Waals surface area (Å²) in [4.78, 5) is 17.0. The molecule has 0 spiro atoms. The highest BCUT2D eigenvalue weighted by molar-refractivity contribution is 6.06. The number of anilines is 1. The number of aliphatic imine (C=N–C) groups is 2. The second-order valence-electron chi connectivity index (χ2n) is 12.3. The quantitative estimate of drug-likeness (QED) is 0.121. The maximum absolute atomic E-state index is 5.33. The summed E-state index contributed by atoms with van der Waals surface area (Å²) >= 11 is 0. The van der Waals surface area contributed by atoms with Gasteiger partial charge in [-0.3, -0.25) is 10.4 Å². The topological polar surface area (TPSA) is 68.2 Å². The lowest BCUT2D eigenvalue weighted by Gasteiger charge is -2.46. The molecule has 1 aliphatic heterocycles. The summed E-state index contributed by atoms with van der Waals surface area (Å²) in [7, 11) is 2.19. The molecule has 0 bridgehead atoms. The number of hydrogen-bond donors (Lipinski definition) is 2. The van der Waals surface area contributed by atoms with Crippen molar-refractivity contribution in [3.8, 4) is 0 Å². The molecule has 2 fully saturated rings. The minimum atomic E-state index is 0.0696. The summed E-state index contributed by atoms with van der Waals surface area (Å²) < 4.78 is 0. The molecule has 2 aliphatic rings. The molecule has 2 N–H and O–H groups in total. The molecule has 1 aromatic heterocycles. The second kappa shape index (κ2) is 14.5. The van der Waals surface area contributed by atoms with Crippen molar-refractivity contribution in [3.05, 3.63) is 109 Å². The first kappa shape index (κ1) is 32.7. The van der Waals surface area contributed by atoms with Gasteiger partial charge in [-0.1, -0.05) is 63.9 Å². The van der Waals surface area contributed by atoms with Crippen LogP contribution in [-0.4, -0.2) is 47.7 Å². The standard InChI is InChI=1S/C37H49N7/c1-10-26(4)35(32(11-2)29-18-19-29)36(43(9)33-21-22-38-25-37(33,7)8)40-27(5)30-20-23-39-34(24-30)41-28(6)42-44(12-3)31-16-14-13-15-17-31/h10-17,20,23-24,29,33,38H,2-3,5,18-19,21-22,25H2,1,4,6-9H3,(H,39,41,42)/b26-10-,35-32-,40-36?. The fourth-order valence-electron chi connectivity index (χ4n) is 5.91. The number of para-hydroxylation sites is 1. The van der Waals surface area contributed by atoms with E-state index in [1.807, 2.05) is 60.5 Å². The lowest BCUT2D eigenvalue weighted by Crippen LogP contribution is -2.55. The Hall–Kier alpha value is -4.23. The highest BCUT2D eigenvalue weighted by atomic mass is 15.5. The van der Waals surface area contributed by atoms with Crippen molar-refractivity contribution in [2.75, 3.05) is 25.1 Å². The Bertz CT molecular complexity index is 1470. The third-order valence-electron chi connectivity index (χ3n) is 8.56. The van der Waals surface area contributed by atoms with Crippen molar-refractivity contribution in [2.45, 2.75) is 59.9 Å². The van der Waals surface area contributed by atoms with E-state index < -0.39 is 0 Å². The number of aromatic nitrogens is 1. The molecule has 4 rings (SSSR count). The fraction of sp³-hybridized carbons (Fsp3) is 0.378. The van der Waals surface area contributed by atoms with Gasteiger partial charge in [0.05, 0.1) is 11.4 Å². The summed E-state index contributed by atoms with van der Waals surface area (Å²) in [6.07, 6.45) is 11.1. The number of nitrogens with zero attached hydrogens (tertiary/aromatic N) is 5. The summed E-state index contributed by atoms with van der Waals surface area (Å²) in [5.74, 6) is 2.71. The number of nitrogens with one attached hydrogen (secondary N) is 2. The Morgan fingerprint density at radius 2 is 1.84 bits per heavy atom. The van der Waals surface area contributed by atoms with E-state index in [0.29, 0.717) is 29.3 Å². The highest BCUT2D eigenvalue weighted by Gasteiger charge is 2.38. The van der Waals surface area contributed by atoms with Gasteiger partial charge in [-0.05, 0) is 93.3 Å². The molecule has 44 heavy (non-hydrogen) atoms. The number of likely N-dealkylation sites (N-methyl/N-ethyl adjacent to an activating group) is 1. The fourth-order valence-corrected chi connectivity index (χ4v) is 5.91. The van der Waals surface area contributed by atoms with Crippen molar-refractivity contribution >= 4 is 28.9 Å². The Morgan fingerprint density at radius 3 is 2.45 bits per heavy atom. The van der Waals surface area contributed by atoms with E-state index in [-0.39, 0.29) is 5.41 Å². The lowest BCUT2D eigenvalue weighted by atomic mass is 9.78. The number of rotatable bonds is 11. The van der Waals surface area contributed by atoms with Crippen LogP contribution in [0.5, 0.6) is 0 Å². The second-order valence-corrected chi connectivity index (χ2v) is 12.3. The first-order valence-electron chi connectivity index (χ1n) is 15.6. The number of hydrogen-bond acceptors (Lipinski definition) is 5. The molecule has 2 aromatic rings. The van der Waals surface area contributed by atoms with Gasteiger partial charge in [0.1, 0.15) is 11.7 Å². The summed E-state index contributed by atoms with van der Waals surface area (Å²) in [5, 5.41) is 5.40. The largest absolute Gasteiger partial charge is 0.356 e. The SMILES string of the molecule is C=C/C(=C(C(=NC(=C)c1ccnc(N=C(C)NN(C=C)c2ccccc2)c1)N(C)C1CCNCC1(C)C)\C(C)=C/C)C1CC1. The molecule has 0 amide bonds. The van der Waals surface area contributed by atoms with Gasteiger partial charge in [-0.15, -0.1) is 0 Å². The van der Waals surface area contributed by atoms with Crippen LogP contribution in [0.1, 0.15) is 59.4 Å².